The van der Waals surface area contributed by atoms with Gasteiger partial charge in [0.25, 0.3) is 0 Å². The van der Waals surface area contributed by atoms with Crippen LogP contribution in [0.2, 0.25) is 0 Å². The molecular formula is C40H68O5S2. The fraction of sp³-hybridized carbons (Fsp3) is 0.825. The molecule has 0 spiro atoms. The first kappa shape index (κ1) is 40.4. The minimum absolute atomic E-state index is 0.0341. The molecule has 0 aromatic heterocycles. The first-order valence-corrected chi connectivity index (χ1v) is 21.3. The number of benzene rings is 1. The van der Waals surface area contributed by atoms with Crippen molar-refractivity contribution in [3.8, 4) is 11.5 Å². The van der Waals surface area contributed by atoms with Crippen LogP contribution in [0.1, 0.15) is 153 Å². The first-order chi connectivity index (χ1) is 22.4. The number of ether oxygens (including phenoxy) is 3. The van der Waals surface area contributed by atoms with Gasteiger partial charge >= 0.3 is 5.97 Å². The molecule has 2 aliphatic rings. The van der Waals surface area contributed by atoms with Crippen molar-refractivity contribution in [3.05, 3.63) is 22.3 Å². The molecule has 0 aliphatic carbocycles. The van der Waals surface area contributed by atoms with Crippen molar-refractivity contribution < 1.29 is 24.1 Å². The van der Waals surface area contributed by atoms with Crippen LogP contribution in [0.4, 0.5) is 0 Å². The Morgan fingerprint density at radius 2 is 1.60 bits per heavy atom. The van der Waals surface area contributed by atoms with Crippen LogP contribution in [0, 0.1) is 38.5 Å². The third-order valence-electron chi connectivity index (χ3n) is 10.6. The Morgan fingerprint density at radius 3 is 2.26 bits per heavy atom. The maximum absolute atomic E-state index is 12.2. The fourth-order valence-corrected chi connectivity index (χ4v) is 10.2. The van der Waals surface area contributed by atoms with Gasteiger partial charge in [0.05, 0.1) is 0 Å². The van der Waals surface area contributed by atoms with Crippen LogP contribution in [0.3, 0.4) is 0 Å². The van der Waals surface area contributed by atoms with Crippen molar-refractivity contribution in [1.82, 2.24) is 0 Å². The Balaban J connectivity index is 1.39. The summed E-state index contributed by atoms with van der Waals surface area (Å²) >= 11 is 0. The van der Waals surface area contributed by atoms with Gasteiger partial charge in [-0.25, -0.2) is 0 Å². The van der Waals surface area contributed by atoms with Crippen molar-refractivity contribution in [2.75, 3.05) is 19.0 Å². The van der Waals surface area contributed by atoms with Gasteiger partial charge in [-0.15, -0.1) is 0 Å². The van der Waals surface area contributed by atoms with E-state index in [1.807, 2.05) is 21.6 Å². The van der Waals surface area contributed by atoms with Gasteiger partial charge < -0.3 is 19.3 Å². The second kappa shape index (κ2) is 20.6. The molecule has 5 atom stereocenters. The quantitative estimate of drug-likeness (QED) is 0.0737. The topological polar surface area (TPSA) is 65.0 Å². The molecule has 2 heterocycles. The van der Waals surface area contributed by atoms with Crippen LogP contribution in [0.5, 0.6) is 11.5 Å². The highest BCUT2D eigenvalue weighted by Gasteiger charge is 2.34. The van der Waals surface area contributed by atoms with E-state index < -0.39 is 6.10 Å². The predicted octanol–water partition coefficient (Wildman–Crippen LogP) is 11.1. The largest absolute Gasteiger partial charge is 0.490 e. The molecular weight excluding hydrogens is 625 g/mol. The van der Waals surface area contributed by atoms with Crippen LogP contribution in [0.15, 0.2) is 0 Å². The maximum atomic E-state index is 12.2. The highest BCUT2D eigenvalue weighted by molar-refractivity contribution is 8.77. The Bertz CT molecular complexity index is 1090. The highest BCUT2D eigenvalue weighted by Crippen LogP contribution is 2.45. The smallest absolute Gasteiger partial charge is 0.305 e. The van der Waals surface area contributed by atoms with Gasteiger partial charge in [-0.05, 0) is 107 Å². The minimum atomic E-state index is -0.860. The molecule has 2 aliphatic heterocycles. The number of aliphatic hydroxyl groups is 1. The number of unbranched alkanes of at least 4 members (excludes halogenated alkanes) is 1. The summed E-state index contributed by atoms with van der Waals surface area (Å²) in [6.45, 7) is 18.2. The lowest BCUT2D eigenvalue weighted by Crippen LogP contribution is -2.37. The fourth-order valence-electron chi connectivity index (χ4n) is 7.17. The summed E-state index contributed by atoms with van der Waals surface area (Å²) < 4.78 is 18.4. The van der Waals surface area contributed by atoms with Crippen molar-refractivity contribution >= 4 is 27.6 Å². The molecule has 1 aromatic rings. The average Bonchev–Trinajstić information content (AvgIpc) is 3.54. The second-order valence-electron chi connectivity index (χ2n) is 15.6. The van der Waals surface area contributed by atoms with Gasteiger partial charge in [-0.2, -0.15) is 0 Å². The van der Waals surface area contributed by atoms with E-state index >= 15 is 0 Å². The van der Waals surface area contributed by atoms with E-state index in [2.05, 4.69) is 55.4 Å². The van der Waals surface area contributed by atoms with E-state index in [1.54, 1.807) is 0 Å². The van der Waals surface area contributed by atoms with E-state index in [0.29, 0.717) is 6.42 Å². The summed E-state index contributed by atoms with van der Waals surface area (Å²) in [4.78, 5) is 12.2. The second-order valence-corrected chi connectivity index (χ2v) is 18.4. The molecule has 0 amide bonds. The van der Waals surface area contributed by atoms with Gasteiger partial charge in [-0.3, -0.25) is 4.79 Å². The minimum Gasteiger partial charge on any atom is -0.490 e. The monoisotopic (exact) mass is 692 g/mol. The number of hydrogen-bond donors (Lipinski definition) is 1. The molecule has 270 valence electrons. The number of aliphatic hydroxyl groups excluding tert-OH is 1. The van der Waals surface area contributed by atoms with Crippen LogP contribution in [-0.4, -0.2) is 47.0 Å². The summed E-state index contributed by atoms with van der Waals surface area (Å²) in [5.74, 6) is 5.32. The van der Waals surface area contributed by atoms with Crippen molar-refractivity contribution in [2.24, 2.45) is 17.8 Å². The maximum Gasteiger partial charge on any atom is 0.305 e. The lowest BCUT2D eigenvalue weighted by atomic mass is 9.83. The van der Waals surface area contributed by atoms with Crippen molar-refractivity contribution in [1.29, 1.82) is 0 Å². The summed E-state index contributed by atoms with van der Waals surface area (Å²) in [6.07, 6.45) is 17.6. The van der Waals surface area contributed by atoms with E-state index in [4.69, 9.17) is 14.2 Å². The number of esters is 1. The van der Waals surface area contributed by atoms with E-state index in [1.165, 1.54) is 75.5 Å². The van der Waals surface area contributed by atoms with E-state index in [0.717, 1.165) is 83.3 Å². The first-order valence-electron chi connectivity index (χ1n) is 18.9. The zero-order valence-electron chi connectivity index (χ0n) is 31.2. The summed E-state index contributed by atoms with van der Waals surface area (Å²) in [6, 6.07) is 0. The van der Waals surface area contributed by atoms with Crippen LogP contribution in [-0.2, 0) is 16.0 Å². The van der Waals surface area contributed by atoms with Crippen molar-refractivity contribution in [3.63, 3.8) is 0 Å². The standard InChI is InChI=1S/C40H68O5S2/c1-28(2)14-11-15-29(3)16-12-17-30(4)18-13-23-40(8)24-21-36-33(7)38(31(5)32(6)39(36)45-40)44-27-34(41)26-43-37(42)20-10-9-19-35-22-25-46-47-35/h28-30,34-35,41H,9-27H2,1-8H3/t29?,30?,34?,35-,40?/m1/s1. The number of carbonyl (C=O) groups excluding carboxylic acids is 1. The molecule has 0 saturated carbocycles. The zero-order chi connectivity index (χ0) is 34.4. The normalized spacial score (nSPS) is 21.3. The zero-order valence-corrected chi connectivity index (χ0v) is 32.9. The highest BCUT2D eigenvalue weighted by atomic mass is 33.1. The lowest BCUT2D eigenvalue weighted by Gasteiger charge is -2.38. The predicted molar refractivity (Wildman–Crippen MR) is 202 cm³/mol. The van der Waals surface area contributed by atoms with Gasteiger partial charge in [0.1, 0.15) is 36.4 Å². The molecule has 1 N–H and O–H groups in total. The van der Waals surface area contributed by atoms with Crippen molar-refractivity contribution in [2.45, 2.75) is 175 Å². The van der Waals surface area contributed by atoms with Crippen LogP contribution in [0.25, 0.3) is 0 Å². The summed E-state index contributed by atoms with van der Waals surface area (Å²) in [7, 11) is 3.94. The van der Waals surface area contributed by atoms with E-state index in [9.17, 15) is 9.90 Å². The Kier molecular flexibility index (Phi) is 17.7. The Labute approximate surface area is 296 Å². The summed E-state index contributed by atoms with van der Waals surface area (Å²) in [5.41, 5.74) is 4.36. The van der Waals surface area contributed by atoms with Gasteiger partial charge in [0, 0.05) is 23.0 Å². The molecule has 0 radical (unpaired) electrons. The number of rotatable bonds is 22. The van der Waals surface area contributed by atoms with Gasteiger partial charge in [0.2, 0.25) is 0 Å². The third kappa shape index (κ3) is 14.0. The van der Waals surface area contributed by atoms with E-state index in [-0.39, 0.29) is 24.8 Å². The van der Waals surface area contributed by atoms with Crippen LogP contribution >= 0.6 is 21.6 Å². The number of fused-ring (bicyclic) bond motifs is 1. The third-order valence-corrected chi connectivity index (χ3v) is 13.6. The SMILES string of the molecule is Cc1c(C)c2c(c(C)c1OCC(O)COC(=O)CCCC[C@@H]1CCSS1)CCC(C)(CCCC(C)CCCC(C)CCCC(C)C)O2. The molecule has 7 heteroatoms. The summed E-state index contributed by atoms with van der Waals surface area (Å²) in [5, 5.41) is 11.3. The molecule has 0 bridgehead atoms. The van der Waals surface area contributed by atoms with Crippen LogP contribution < -0.4 is 9.47 Å². The van der Waals surface area contributed by atoms with Gasteiger partial charge in [0.15, 0.2) is 0 Å². The molecule has 1 aromatic carbocycles. The number of carbonyl (C=O) groups is 1. The average molecular weight is 693 g/mol. The molecule has 1 saturated heterocycles. The number of hydrogen-bond acceptors (Lipinski definition) is 7. The molecule has 3 rings (SSSR count). The van der Waals surface area contributed by atoms with Gasteiger partial charge in [-0.1, -0.05) is 101 Å². The Hall–Kier alpha value is -1.05. The Morgan fingerprint density at radius 1 is 0.915 bits per heavy atom. The molecule has 47 heavy (non-hydrogen) atoms. The molecule has 5 nitrogen and oxygen atoms in total. The lowest BCUT2D eigenvalue weighted by molar-refractivity contribution is -0.147. The molecule has 1 fully saturated rings. The molecule has 4 unspecified atom stereocenters.